The number of aryl methyl sites for hydroxylation is 1. The van der Waals surface area contributed by atoms with E-state index in [-0.39, 0.29) is 15.5 Å². The summed E-state index contributed by atoms with van der Waals surface area (Å²) in [6, 6.07) is 9.26. The van der Waals surface area contributed by atoms with E-state index < -0.39 is 27.9 Å². The van der Waals surface area contributed by atoms with Crippen molar-refractivity contribution in [3.8, 4) is 5.75 Å². The lowest BCUT2D eigenvalue weighted by Gasteiger charge is -2.17. The third kappa shape index (κ3) is 5.29. The summed E-state index contributed by atoms with van der Waals surface area (Å²) in [5.41, 5.74) is 6.33. The number of carbonyl (C=O) groups is 2. The first-order valence-corrected chi connectivity index (χ1v) is 10.8. The van der Waals surface area contributed by atoms with Crippen molar-refractivity contribution in [3.05, 3.63) is 58.1 Å². The van der Waals surface area contributed by atoms with Gasteiger partial charge in [-0.15, -0.1) is 0 Å². The van der Waals surface area contributed by atoms with Gasteiger partial charge >= 0.3 is 0 Å². The van der Waals surface area contributed by atoms with Crippen LogP contribution < -0.4 is 15.6 Å². The number of nitrogens with zero attached hydrogens (tertiary/aromatic N) is 1. The van der Waals surface area contributed by atoms with E-state index in [0.717, 1.165) is 21.5 Å². The molecule has 0 unspecified atom stereocenters. The third-order valence-electron chi connectivity index (χ3n) is 4.49. The molecule has 8 nitrogen and oxygen atoms in total. The summed E-state index contributed by atoms with van der Waals surface area (Å²) < 4.78 is 31.2. The van der Waals surface area contributed by atoms with Gasteiger partial charge in [-0.2, -0.15) is 0 Å². The van der Waals surface area contributed by atoms with Gasteiger partial charge in [0.05, 0.1) is 15.5 Å². The second-order valence-electron chi connectivity index (χ2n) is 6.83. The molecule has 0 fully saturated rings. The van der Waals surface area contributed by atoms with Crippen LogP contribution in [0.3, 0.4) is 0 Å². The van der Waals surface area contributed by atoms with E-state index in [1.807, 2.05) is 26.0 Å². The summed E-state index contributed by atoms with van der Waals surface area (Å²) in [5, 5.41) is 0.0409. The molecule has 2 N–H and O–H groups in total. The zero-order valence-electron chi connectivity index (χ0n) is 17.3. The number of halogens is 1. The fraction of sp³-hybridized carbons (Fsp3) is 0.300. The lowest BCUT2D eigenvalue weighted by atomic mass is 10.1. The number of ether oxygens (including phenoxy) is 1. The van der Waals surface area contributed by atoms with Gasteiger partial charge in [0.1, 0.15) is 5.75 Å². The topological polar surface area (TPSA) is 105 Å². The summed E-state index contributed by atoms with van der Waals surface area (Å²) in [6.07, 6.45) is -0.887. The van der Waals surface area contributed by atoms with E-state index in [9.17, 15) is 18.0 Å². The SMILES string of the molecule is Cc1cccc(O[C@@H](C)C(=O)NNC(=O)c2cc(S(=O)(=O)N(C)C)ccc2Cl)c1C. The van der Waals surface area contributed by atoms with Gasteiger partial charge in [0.15, 0.2) is 6.10 Å². The summed E-state index contributed by atoms with van der Waals surface area (Å²) in [4.78, 5) is 24.6. The van der Waals surface area contributed by atoms with Crippen LogP contribution in [-0.2, 0) is 14.8 Å². The second kappa shape index (κ2) is 9.46. The molecule has 2 aromatic carbocycles. The van der Waals surface area contributed by atoms with Crippen molar-refractivity contribution < 1.29 is 22.7 Å². The molecule has 2 aromatic rings. The van der Waals surface area contributed by atoms with Crippen molar-refractivity contribution in [2.24, 2.45) is 0 Å². The van der Waals surface area contributed by atoms with Crippen LogP contribution in [0.2, 0.25) is 5.02 Å². The number of hydrogen-bond donors (Lipinski definition) is 2. The molecule has 0 saturated carbocycles. The normalized spacial score (nSPS) is 12.4. The maximum Gasteiger partial charge on any atom is 0.279 e. The number of carbonyl (C=O) groups excluding carboxylic acids is 2. The van der Waals surface area contributed by atoms with Crippen LogP contribution in [0.1, 0.15) is 28.4 Å². The first-order chi connectivity index (χ1) is 13.9. The predicted molar refractivity (Wildman–Crippen MR) is 114 cm³/mol. The minimum atomic E-state index is -3.75. The molecule has 0 aliphatic rings. The van der Waals surface area contributed by atoms with Crippen LogP contribution in [0.15, 0.2) is 41.3 Å². The first kappa shape index (κ1) is 23.7. The fourth-order valence-corrected chi connectivity index (χ4v) is 3.56. The van der Waals surface area contributed by atoms with Gasteiger partial charge in [-0.05, 0) is 56.2 Å². The van der Waals surface area contributed by atoms with Gasteiger partial charge < -0.3 is 4.74 Å². The Labute approximate surface area is 181 Å². The fourth-order valence-electron chi connectivity index (χ4n) is 2.43. The molecule has 0 heterocycles. The number of benzene rings is 2. The largest absolute Gasteiger partial charge is 0.481 e. The monoisotopic (exact) mass is 453 g/mol. The summed E-state index contributed by atoms with van der Waals surface area (Å²) >= 11 is 6.03. The molecule has 0 radical (unpaired) electrons. The lowest BCUT2D eigenvalue weighted by molar-refractivity contribution is -0.128. The van der Waals surface area contributed by atoms with Crippen LogP contribution in [0.25, 0.3) is 0 Å². The van der Waals surface area contributed by atoms with Crippen LogP contribution >= 0.6 is 11.6 Å². The highest BCUT2D eigenvalue weighted by atomic mass is 35.5. The molecule has 10 heteroatoms. The average molecular weight is 454 g/mol. The van der Waals surface area contributed by atoms with Gasteiger partial charge in [0.25, 0.3) is 11.8 Å². The van der Waals surface area contributed by atoms with Gasteiger partial charge in [-0.3, -0.25) is 20.4 Å². The number of hydrogen-bond acceptors (Lipinski definition) is 5. The number of sulfonamides is 1. The number of hydrazine groups is 1. The summed E-state index contributed by atoms with van der Waals surface area (Å²) in [6.45, 7) is 5.36. The third-order valence-corrected chi connectivity index (χ3v) is 6.63. The van der Waals surface area contributed by atoms with E-state index in [1.54, 1.807) is 13.0 Å². The Morgan fingerprint density at radius 1 is 1.10 bits per heavy atom. The van der Waals surface area contributed by atoms with Gasteiger partial charge in [0.2, 0.25) is 10.0 Å². The lowest BCUT2D eigenvalue weighted by Crippen LogP contribution is -2.47. The molecule has 2 amide bonds. The Bertz CT molecular complexity index is 1070. The Morgan fingerprint density at radius 3 is 2.40 bits per heavy atom. The van der Waals surface area contributed by atoms with Gasteiger partial charge in [0, 0.05) is 14.1 Å². The number of rotatable bonds is 6. The van der Waals surface area contributed by atoms with Crippen LogP contribution in [-0.4, -0.2) is 44.7 Å². The highest BCUT2D eigenvalue weighted by Crippen LogP contribution is 2.23. The van der Waals surface area contributed by atoms with Crippen molar-refractivity contribution in [2.45, 2.75) is 31.8 Å². The van der Waals surface area contributed by atoms with Crippen molar-refractivity contribution in [1.29, 1.82) is 0 Å². The van der Waals surface area contributed by atoms with Crippen LogP contribution in [0.5, 0.6) is 5.75 Å². The van der Waals surface area contributed by atoms with Gasteiger partial charge in [-0.1, -0.05) is 23.7 Å². The Hall–Kier alpha value is -2.62. The summed E-state index contributed by atoms with van der Waals surface area (Å²) in [5.74, 6) is -0.783. The Balaban J connectivity index is 2.08. The predicted octanol–water partition coefficient (Wildman–Crippen LogP) is 2.44. The smallest absolute Gasteiger partial charge is 0.279 e. The molecule has 0 aromatic heterocycles. The quantitative estimate of drug-likeness (QED) is 0.653. The van der Waals surface area contributed by atoms with E-state index in [4.69, 9.17) is 16.3 Å². The molecule has 1 atom stereocenters. The minimum absolute atomic E-state index is 0.0409. The molecule has 0 aliphatic heterocycles. The van der Waals surface area contributed by atoms with Crippen molar-refractivity contribution in [3.63, 3.8) is 0 Å². The summed E-state index contributed by atoms with van der Waals surface area (Å²) in [7, 11) is -0.997. The maximum absolute atomic E-state index is 12.4. The first-order valence-electron chi connectivity index (χ1n) is 9.00. The number of amides is 2. The van der Waals surface area contributed by atoms with E-state index in [0.29, 0.717) is 5.75 Å². The minimum Gasteiger partial charge on any atom is -0.481 e. The molecule has 30 heavy (non-hydrogen) atoms. The zero-order valence-corrected chi connectivity index (χ0v) is 18.9. The Kier molecular flexibility index (Phi) is 7.46. The number of nitrogens with one attached hydrogen (secondary N) is 2. The standard InChI is InChI=1S/C20H24ClN3O5S/c1-12-7-6-8-18(13(12)2)29-14(3)19(25)22-23-20(26)16-11-15(9-10-17(16)21)30(27,28)24(4)5/h6-11,14H,1-5H3,(H,22,25)(H,23,26)/t14-/m0/s1. The zero-order chi connectivity index (χ0) is 22.6. The van der Waals surface area contributed by atoms with Crippen LogP contribution in [0, 0.1) is 13.8 Å². The van der Waals surface area contributed by atoms with Crippen LogP contribution in [0.4, 0.5) is 0 Å². The molecule has 162 valence electrons. The van der Waals surface area contributed by atoms with E-state index >= 15 is 0 Å². The molecule has 0 bridgehead atoms. The van der Waals surface area contributed by atoms with E-state index in [1.165, 1.54) is 26.2 Å². The molecule has 2 rings (SSSR count). The molecular weight excluding hydrogens is 430 g/mol. The van der Waals surface area contributed by atoms with Gasteiger partial charge in [-0.25, -0.2) is 12.7 Å². The average Bonchev–Trinajstić information content (AvgIpc) is 2.69. The molecule has 0 saturated heterocycles. The molecule has 0 aliphatic carbocycles. The highest BCUT2D eigenvalue weighted by molar-refractivity contribution is 7.89. The molecule has 0 spiro atoms. The highest BCUT2D eigenvalue weighted by Gasteiger charge is 2.22. The van der Waals surface area contributed by atoms with Crippen molar-refractivity contribution >= 4 is 33.4 Å². The van der Waals surface area contributed by atoms with E-state index in [2.05, 4.69) is 10.9 Å². The van der Waals surface area contributed by atoms with Crippen molar-refractivity contribution in [2.75, 3.05) is 14.1 Å². The molecular formula is C20H24ClN3O5S. The maximum atomic E-state index is 12.4. The second-order valence-corrected chi connectivity index (χ2v) is 9.39. The Morgan fingerprint density at radius 2 is 1.77 bits per heavy atom. The van der Waals surface area contributed by atoms with Crippen molar-refractivity contribution in [1.82, 2.24) is 15.2 Å².